The lowest BCUT2D eigenvalue weighted by molar-refractivity contribution is 0.567. The van der Waals surface area contributed by atoms with Gasteiger partial charge in [0.05, 0.1) is 5.52 Å². The molecule has 1 nitrogen and oxygen atoms in total. The van der Waals surface area contributed by atoms with Crippen LogP contribution in [0.5, 0.6) is 0 Å². The third kappa shape index (κ3) is 1.27. The zero-order valence-electron chi connectivity index (χ0n) is 7.22. The van der Waals surface area contributed by atoms with E-state index in [-0.39, 0.29) is 5.95 Å². The van der Waals surface area contributed by atoms with Crippen LogP contribution in [0.4, 0.5) is 4.39 Å². The van der Waals surface area contributed by atoms with E-state index in [0.717, 1.165) is 22.0 Å². The number of nitrogens with zero attached hydrogens (tertiary/aromatic N) is 1. The van der Waals surface area contributed by atoms with Gasteiger partial charge in [-0.25, -0.2) is 0 Å². The summed E-state index contributed by atoms with van der Waals surface area (Å²) in [5.41, 5.74) is 2.09. The first-order valence-electron chi connectivity index (χ1n) is 4.18. The van der Waals surface area contributed by atoms with Crippen molar-refractivity contribution in [1.29, 1.82) is 0 Å². The Hall–Kier alpha value is -0.830. The van der Waals surface area contributed by atoms with Gasteiger partial charge in [-0.15, -0.1) is 0 Å². The fraction of sp³-hybridized carbons (Fsp3) is 0.200. The predicted molar refractivity (Wildman–Crippen MR) is 54.4 cm³/mol. The highest BCUT2D eigenvalue weighted by atomic mass is 79.9. The van der Waals surface area contributed by atoms with E-state index in [2.05, 4.69) is 22.9 Å². The van der Waals surface area contributed by atoms with Crippen molar-refractivity contribution in [1.82, 2.24) is 4.40 Å². The Labute approximate surface area is 84.3 Å². The second-order valence-corrected chi connectivity index (χ2v) is 3.77. The van der Waals surface area contributed by atoms with Crippen LogP contribution >= 0.6 is 15.9 Å². The monoisotopic (exact) mass is 241 g/mol. The van der Waals surface area contributed by atoms with Gasteiger partial charge in [0.1, 0.15) is 0 Å². The van der Waals surface area contributed by atoms with Gasteiger partial charge in [-0.3, -0.25) is 4.40 Å². The molecule has 2 aromatic heterocycles. The van der Waals surface area contributed by atoms with Crippen molar-refractivity contribution in [3.05, 3.63) is 40.4 Å². The fourth-order valence-corrected chi connectivity index (χ4v) is 2.08. The van der Waals surface area contributed by atoms with Crippen molar-refractivity contribution in [2.45, 2.75) is 13.3 Å². The Kier molecular flexibility index (Phi) is 2.12. The molecule has 0 saturated carbocycles. The molecule has 2 aromatic rings. The van der Waals surface area contributed by atoms with Gasteiger partial charge >= 0.3 is 0 Å². The Morgan fingerprint density at radius 2 is 2.15 bits per heavy atom. The van der Waals surface area contributed by atoms with E-state index < -0.39 is 0 Å². The second kappa shape index (κ2) is 3.14. The van der Waals surface area contributed by atoms with Crippen LogP contribution in [0.15, 0.2) is 28.9 Å². The highest BCUT2D eigenvalue weighted by Crippen LogP contribution is 2.24. The minimum Gasteiger partial charge on any atom is -0.292 e. The van der Waals surface area contributed by atoms with Gasteiger partial charge in [-0.2, -0.15) is 4.39 Å². The van der Waals surface area contributed by atoms with Crippen molar-refractivity contribution in [2.75, 3.05) is 0 Å². The van der Waals surface area contributed by atoms with Crippen LogP contribution in [0.2, 0.25) is 0 Å². The first-order valence-corrected chi connectivity index (χ1v) is 4.97. The minimum absolute atomic E-state index is 0.224. The summed E-state index contributed by atoms with van der Waals surface area (Å²) >= 11 is 3.41. The maximum absolute atomic E-state index is 13.3. The lowest BCUT2D eigenvalue weighted by Crippen LogP contribution is -1.91. The maximum atomic E-state index is 13.3. The topological polar surface area (TPSA) is 4.41 Å². The molecule has 0 aromatic carbocycles. The fourth-order valence-electron chi connectivity index (χ4n) is 1.51. The highest BCUT2D eigenvalue weighted by Gasteiger charge is 2.07. The molecule has 0 N–H and O–H groups in total. The molecule has 0 aliphatic heterocycles. The van der Waals surface area contributed by atoms with E-state index in [1.165, 1.54) is 6.07 Å². The minimum atomic E-state index is -0.224. The molecule has 0 fully saturated rings. The molecule has 68 valence electrons. The van der Waals surface area contributed by atoms with E-state index in [9.17, 15) is 4.39 Å². The van der Waals surface area contributed by atoms with Crippen LogP contribution < -0.4 is 0 Å². The average Bonchev–Trinajstić information content (AvgIpc) is 2.56. The van der Waals surface area contributed by atoms with Gasteiger partial charge in [-0.1, -0.05) is 6.92 Å². The number of fused-ring (bicyclic) bond motifs is 1. The first kappa shape index (κ1) is 8.75. The molecule has 0 aliphatic rings. The molecular weight excluding hydrogens is 233 g/mol. The lowest BCUT2D eigenvalue weighted by Gasteiger charge is -2.01. The number of aromatic nitrogens is 1. The molecule has 2 heterocycles. The van der Waals surface area contributed by atoms with Crippen LogP contribution in [0, 0.1) is 5.95 Å². The van der Waals surface area contributed by atoms with Crippen LogP contribution in [0.1, 0.15) is 12.5 Å². The van der Waals surface area contributed by atoms with E-state index in [1.807, 2.05) is 6.07 Å². The number of hydrogen-bond donors (Lipinski definition) is 0. The summed E-state index contributed by atoms with van der Waals surface area (Å²) in [6.07, 6.45) is 2.67. The molecule has 0 atom stereocenters. The molecule has 13 heavy (non-hydrogen) atoms. The molecule has 0 radical (unpaired) electrons. The van der Waals surface area contributed by atoms with Crippen LogP contribution in [-0.4, -0.2) is 4.40 Å². The molecular formula is C10H9BrFN. The number of hydrogen-bond acceptors (Lipinski definition) is 0. The lowest BCUT2D eigenvalue weighted by atomic mass is 10.2. The number of aryl methyl sites for hydroxylation is 1. The van der Waals surface area contributed by atoms with Gasteiger partial charge in [-0.05, 0) is 46.1 Å². The van der Waals surface area contributed by atoms with E-state index in [1.54, 1.807) is 16.7 Å². The summed E-state index contributed by atoms with van der Waals surface area (Å²) in [5.74, 6) is -0.224. The third-order valence-electron chi connectivity index (χ3n) is 2.17. The summed E-state index contributed by atoms with van der Waals surface area (Å²) in [4.78, 5) is 0. The SMILES string of the molecule is CCc1ccn2c(F)ccc(Br)c12. The van der Waals surface area contributed by atoms with Crippen molar-refractivity contribution >= 4 is 21.4 Å². The van der Waals surface area contributed by atoms with E-state index in [0.29, 0.717) is 0 Å². The summed E-state index contributed by atoms with van der Waals surface area (Å²) in [6, 6.07) is 5.14. The molecule has 0 amide bonds. The van der Waals surface area contributed by atoms with Gasteiger partial charge in [0, 0.05) is 10.7 Å². The Bertz CT molecular complexity index is 447. The van der Waals surface area contributed by atoms with Crippen molar-refractivity contribution < 1.29 is 4.39 Å². The summed E-state index contributed by atoms with van der Waals surface area (Å²) < 4.78 is 15.8. The predicted octanol–water partition coefficient (Wildman–Crippen LogP) is 3.40. The highest BCUT2D eigenvalue weighted by molar-refractivity contribution is 9.10. The van der Waals surface area contributed by atoms with Crippen LogP contribution in [0.25, 0.3) is 5.52 Å². The number of halogens is 2. The molecule has 0 saturated heterocycles. The summed E-state index contributed by atoms with van der Waals surface area (Å²) in [7, 11) is 0. The Balaban J connectivity index is 2.87. The molecule has 0 bridgehead atoms. The number of pyridine rings is 1. The Morgan fingerprint density at radius 1 is 1.38 bits per heavy atom. The summed E-state index contributed by atoms with van der Waals surface area (Å²) in [6.45, 7) is 2.06. The molecule has 0 aliphatic carbocycles. The van der Waals surface area contributed by atoms with E-state index >= 15 is 0 Å². The third-order valence-corrected chi connectivity index (χ3v) is 2.81. The zero-order valence-corrected chi connectivity index (χ0v) is 8.81. The van der Waals surface area contributed by atoms with Gasteiger partial charge in [0.2, 0.25) is 0 Å². The zero-order chi connectivity index (χ0) is 9.42. The van der Waals surface area contributed by atoms with Crippen LogP contribution in [0.3, 0.4) is 0 Å². The normalized spacial score (nSPS) is 11.0. The first-order chi connectivity index (χ1) is 6.24. The molecule has 3 heteroatoms. The summed E-state index contributed by atoms with van der Waals surface area (Å²) in [5, 5.41) is 0. The molecule has 0 spiro atoms. The average molecular weight is 242 g/mol. The Morgan fingerprint density at radius 3 is 2.85 bits per heavy atom. The van der Waals surface area contributed by atoms with Crippen molar-refractivity contribution in [3.8, 4) is 0 Å². The van der Waals surface area contributed by atoms with E-state index in [4.69, 9.17) is 0 Å². The maximum Gasteiger partial charge on any atom is 0.198 e. The molecule has 2 rings (SSSR count). The van der Waals surface area contributed by atoms with Gasteiger partial charge in [0.15, 0.2) is 5.95 Å². The standard InChI is InChI=1S/C10H9BrFN/c1-2-7-5-6-13-9(12)4-3-8(11)10(7)13/h3-6H,2H2,1H3. The van der Waals surface area contributed by atoms with Gasteiger partial charge in [0.25, 0.3) is 0 Å². The number of rotatable bonds is 1. The quantitative estimate of drug-likeness (QED) is 0.675. The van der Waals surface area contributed by atoms with Crippen LogP contribution in [-0.2, 0) is 6.42 Å². The largest absolute Gasteiger partial charge is 0.292 e. The molecule has 0 unspecified atom stereocenters. The van der Waals surface area contributed by atoms with Crippen molar-refractivity contribution in [3.63, 3.8) is 0 Å². The smallest absolute Gasteiger partial charge is 0.198 e. The van der Waals surface area contributed by atoms with Crippen molar-refractivity contribution in [2.24, 2.45) is 0 Å². The van der Waals surface area contributed by atoms with Gasteiger partial charge < -0.3 is 0 Å². The second-order valence-electron chi connectivity index (χ2n) is 2.92.